The van der Waals surface area contributed by atoms with Gasteiger partial charge in [0.15, 0.2) is 0 Å². The molecule has 1 unspecified atom stereocenters. The maximum absolute atomic E-state index is 10.6. The van der Waals surface area contributed by atoms with Crippen LogP contribution in [0.2, 0.25) is 0 Å². The Morgan fingerprint density at radius 1 is 1.26 bits per heavy atom. The summed E-state index contributed by atoms with van der Waals surface area (Å²) < 4.78 is 0. The van der Waals surface area contributed by atoms with Crippen LogP contribution in [-0.2, 0) is 6.42 Å². The van der Waals surface area contributed by atoms with Crippen LogP contribution in [-0.4, -0.2) is 11.0 Å². The Bertz CT molecular complexity index is 411. The quantitative estimate of drug-likeness (QED) is 0.630. The summed E-state index contributed by atoms with van der Waals surface area (Å²) in [6.45, 7) is 0. The van der Waals surface area contributed by atoms with Crippen LogP contribution in [0.25, 0.3) is 0 Å². The monoisotopic (exact) mass is 262 g/mol. The van der Waals surface area contributed by atoms with Crippen molar-refractivity contribution >= 4 is 5.69 Å². The first-order valence-corrected chi connectivity index (χ1v) is 7.14. The van der Waals surface area contributed by atoms with E-state index in [4.69, 9.17) is 5.73 Å². The first kappa shape index (κ1) is 14.0. The molecule has 1 aliphatic rings. The summed E-state index contributed by atoms with van der Waals surface area (Å²) in [4.78, 5) is 10.2. The number of hydrogen-bond acceptors (Lipinski definition) is 3. The summed E-state index contributed by atoms with van der Waals surface area (Å²) in [5, 5.41) is 10.6. The molecule has 19 heavy (non-hydrogen) atoms. The Balaban J connectivity index is 1.77. The predicted octanol–water partition coefficient (Wildman–Crippen LogP) is 3.44. The topological polar surface area (TPSA) is 69.2 Å². The standard InChI is InChI=1S/C15H22N2O2/c16-14(8-5-12-3-1-2-4-12)11-13-6-9-15(10-7-13)17(18)19/h6-7,9-10,12,14H,1-5,8,11,16H2. The highest BCUT2D eigenvalue weighted by molar-refractivity contribution is 5.33. The molecule has 1 aliphatic carbocycles. The zero-order valence-corrected chi connectivity index (χ0v) is 11.3. The van der Waals surface area contributed by atoms with Crippen LogP contribution >= 0.6 is 0 Å². The van der Waals surface area contributed by atoms with Gasteiger partial charge < -0.3 is 5.73 Å². The Hall–Kier alpha value is -1.42. The van der Waals surface area contributed by atoms with E-state index in [2.05, 4.69) is 0 Å². The molecule has 0 radical (unpaired) electrons. The minimum absolute atomic E-state index is 0.142. The molecule has 0 saturated heterocycles. The van der Waals surface area contributed by atoms with Gasteiger partial charge in [-0.2, -0.15) is 0 Å². The number of nitro groups is 1. The van der Waals surface area contributed by atoms with Crippen molar-refractivity contribution in [3.8, 4) is 0 Å². The lowest BCUT2D eigenvalue weighted by molar-refractivity contribution is -0.384. The van der Waals surface area contributed by atoms with Gasteiger partial charge in [0.05, 0.1) is 4.92 Å². The van der Waals surface area contributed by atoms with Gasteiger partial charge in [0, 0.05) is 18.2 Å². The third-order valence-corrected chi connectivity index (χ3v) is 4.07. The Morgan fingerprint density at radius 3 is 2.47 bits per heavy atom. The molecule has 1 aromatic rings. The van der Waals surface area contributed by atoms with Gasteiger partial charge in [0.25, 0.3) is 5.69 Å². The van der Waals surface area contributed by atoms with Crippen molar-refractivity contribution in [1.29, 1.82) is 0 Å². The minimum atomic E-state index is -0.371. The first-order valence-electron chi connectivity index (χ1n) is 7.14. The summed E-state index contributed by atoms with van der Waals surface area (Å²) >= 11 is 0. The van der Waals surface area contributed by atoms with Gasteiger partial charge in [-0.3, -0.25) is 10.1 Å². The van der Waals surface area contributed by atoms with Crippen LogP contribution in [0.15, 0.2) is 24.3 Å². The molecule has 4 heteroatoms. The number of benzene rings is 1. The smallest absolute Gasteiger partial charge is 0.269 e. The largest absolute Gasteiger partial charge is 0.327 e. The van der Waals surface area contributed by atoms with Gasteiger partial charge in [0.1, 0.15) is 0 Å². The molecular weight excluding hydrogens is 240 g/mol. The van der Waals surface area contributed by atoms with Gasteiger partial charge >= 0.3 is 0 Å². The molecule has 1 saturated carbocycles. The molecule has 2 N–H and O–H groups in total. The maximum atomic E-state index is 10.6. The number of nitrogens with zero attached hydrogens (tertiary/aromatic N) is 1. The van der Waals surface area contributed by atoms with E-state index in [1.54, 1.807) is 12.1 Å². The fourth-order valence-electron chi connectivity index (χ4n) is 2.91. The summed E-state index contributed by atoms with van der Waals surface area (Å²) in [6, 6.07) is 6.90. The van der Waals surface area contributed by atoms with Crippen molar-refractivity contribution in [2.75, 3.05) is 0 Å². The van der Waals surface area contributed by atoms with Gasteiger partial charge in [0.2, 0.25) is 0 Å². The number of nitro benzene ring substituents is 1. The summed E-state index contributed by atoms with van der Waals surface area (Å²) in [5.41, 5.74) is 7.38. The van der Waals surface area contributed by atoms with E-state index in [9.17, 15) is 10.1 Å². The van der Waals surface area contributed by atoms with Gasteiger partial charge in [-0.15, -0.1) is 0 Å². The van der Waals surface area contributed by atoms with Gasteiger partial charge in [-0.25, -0.2) is 0 Å². The number of rotatable bonds is 6. The number of non-ortho nitro benzene ring substituents is 1. The van der Waals surface area contributed by atoms with Gasteiger partial charge in [-0.05, 0) is 30.7 Å². The van der Waals surface area contributed by atoms with Crippen LogP contribution < -0.4 is 5.73 Å². The second-order valence-electron chi connectivity index (χ2n) is 5.62. The Labute approximate surface area is 114 Å². The van der Waals surface area contributed by atoms with Crippen molar-refractivity contribution in [2.24, 2.45) is 11.7 Å². The van der Waals surface area contributed by atoms with E-state index < -0.39 is 0 Å². The molecule has 4 nitrogen and oxygen atoms in total. The third-order valence-electron chi connectivity index (χ3n) is 4.07. The Kier molecular flexibility index (Phi) is 4.91. The number of nitrogens with two attached hydrogens (primary N) is 1. The van der Waals surface area contributed by atoms with Crippen LogP contribution in [0.5, 0.6) is 0 Å². The average Bonchev–Trinajstić information content (AvgIpc) is 2.90. The van der Waals surface area contributed by atoms with Crippen molar-refractivity contribution in [2.45, 2.75) is 51.0 Å². The Morgan fingerprint density at radius 2 is 1.89 bits per heavy atom. The van der Waals surface area contributed by atoms with Crippen LogP contribution in [0, 0.1) is 16.0 Å². The molecule has 1 atom stereocenters. The van der Waals surface area contributed by atoms with E-state index in [1.165, 1.54) is 32.1 Å². The van der Waals surface area contributed by atoms with Crippen LogP contribution in [0.3, 0.4) is 0 Å². The molecule has 0 amide bonds. The van der Waals surface area contributed by atoms with Crippen LogP contribution in [0.4, 0.5) is 5.69 Å². The molecule has 0 bridgehead atoms. The summed E-state index contributed by atoms with van der Waals surface area (Å²) in [7, 11) is 0. The molecule has 0 heterocycles. The van der Waals surface area contributed by atoms with E-state index in [0.717, 1.165) is 24.3 Å². The normalized spacial score (nSPS) is 17.5. The van der Waals surface area contributed by atoms with E-state index in [1.807, 2.05) is 12.1 Å². The maximum Gasteiger partial charge on any atom is 0.269 e. The molecular formula is C15H22N2O2. The van der Waals surface area contributed by atoms with Crippen molar-refractivity contribution < 1.29 is 4.92 Å². The van der Waals surface area contributed by atoms with E-state index >= 15 is 0 Å². The summed E-state index contributed by atoms with van der Waals surface area (Å²) in [6.07, 6.45) is 8.58. The van der Waals surface area contributed by atoms with Gasteiger partial charge in [-0.1, -0.05) is 37.8 Å². The lowest BCUT2D eigenvalue weighted by atomic mass is 9.95. The first-order chi connectivity index (χ1) is 9.15. The fraction of sp³-hybridized carbons (Fsp3) is 0.600. The lowest BCUT2D eigenvalue weighted by Crippen LogP contribution is -2.23. The molecule has 0 aromatic heterocycles. The van der Waals surface area contributed by atoms with Crippen molar-refractivity contribution in [3.63, 3.8) is 0 Å². The second-order valence-corrected chi connectivity index (χ2v) is 5.62. The zero-order chi connectivity index (χ0) is 13.7. The highest BCUT2D eigenvalue weighted by Crippen LogP contribution is 2.29. The fourth-order valence-corrected chi connectivity index (χ4v) is 2.91. The minimum Gasteiger partial charge on any atom is -0.327 e. The summed E-state index contributed by atoms with van der Waals surface area (Å²) in [5.74, 6) is 0.878. The highest BCUT2D eigenvalue weighted by atomic mass is 16.6. The van der Waals surface area contributed by atoms with E-state index in [0.29, 0.717) is 0 Å². The van der Waals surface area contributed by atoms with E-state index in [-0.39, 0.29) is 16.7 Å². The molecule has 2 rings (SSSR count). The molecule has 104 valence electrons. The lowest BCUT2D eigenvalue weighted by Gasteiger charge is -2.14. The van der Waals surface area contributed by atoms with Crippen molar-refractivity contribution in [1.82, 2.24) is 0 Å². The number of hydrogen-bond donors (Lipinski definition) is 1. The zero-order valence-electron chi connectivity index (χ0n) is 11.3. The average molecular weight is 262 g/mol. The molecule has 1 fully saturated rings. The molecule has 0 spiro atoms. The van der Waals surface area contributed by atoms with Crippen molar-refractivity contribution in [3.05, 3.63) is 39.9 Å². The SMILES string of the molecule is NC(CCC1CCCC1)Cc1ccc([N+](=O)[O-])cc1. The van der Waals surface area contributed by atoms with Crippen LogP contribution in [0.1, 0.15) is 44.1 Å². The third kappa shape index (κ3) is 4.31. The molecule has 0 aliphatic heterocycles. The second kappa shape index (κ2) is 6.66. The molecule has 1 aromatic carbocycles. The highest BCUT2D eigenvalue weighted by Gasteiger charge is 2.16. The predicted molar refractivity (Wildman–Crippen MR) is 76.0 cm³/mol.